The first-order valence-corrected chi connectivity index (χ1v) is 7.41. The van der Waals surface area contributed by atoms with Crippen molar-refractivity contribution in [1.29, 1.82) is 0 Å². The third kappa shape index (κ3) is 3.25. The first kappa shape index (κ1) is 15.7. The highest BCUT2D eigenvalue weighted by Gasteiger charge is 2.21. The number of aromatic nitrogens is 4. The van der Waals surface area contributed by atoms with Crippen LogP contribution in [-0.2, 0) is 7.05 Å². The van der Waals surface area contributed by atoms with Crippen molar-refractivity contribution in [3.05, 3.63) is 52.0 Å². The van der Waals surface area contributed by atoms with Crippen LogP contribution in [0.1, 0.15) is 5.56 Å². The minimum atomic E-state index is -0.524. The smallest absolute Gasteiger partial charge is 0.342 e. The maximum Gasteiger partial charge on any atom is 0.342 e. The van der Waals surface area contributed by atoms with Crippen LogP contribution < -0.4 is 5.43 Å². The maximum atomic E-state index is 12.8. The van der Waals surface area contributed by atoms with Crippen LogP contribution in [0.15, 0.2) is 35.6 Å². The molecular formula is C13H10FN7O2S. The molecule has 1 aromatic carbocycles. The van der Waals surface area contributed by atoms with E-state index in [2.05, 4.69) is 25.7 Å². The van der Waals surface area contributed by atoms with Crippen molar-refractivity contribution < 1.29 is 9.31 Å². The Labute approximate surface area is 138 Å². The highest BCUT2D eigenvalue weighted by molar-refractivity contribution is 7.18. The number of hydrazone groups is 1. The number of nitrogens with one attached hydrogen (secondary N) is 1. The quantitative estimate of drug-likeness (QED) is 0.431. The Morgan fingerprint density at radius 1 is 1.38 bits per heavy atom. The largest absolute Gasteiger partial charge is 0.358 e. The van der Waals surface area contributed by atoms with Gasteiger partial charge in [-0.1, -0.05) is 23.5 Å². The van der Waals surface area contributed by atoms with Crippen LogP contribution >= 0.6 is 11.3 Å². The lowest BCUT2D eigenvalue weighted by molar-refractivity contribution is -0.391. The summed E-state index contributed by atoms with van der Waals surface area (Å²) in [6.45, 7) is 0. The fourth-order valence-electron chi connectivity index (χ4n) is 1.84. The summed E-state index contributed by atoms with van der Waals surface area (Å²) < 4.78 is 14.1. The molecule has 2 heterocycles. The van der Waals surface area contributed by atoms with Crippen LogP contribution in [-0.4, -0.2) is 30.9 Å². The Morgan fingerprint density at radius 2 is 2.12 bits per heavy atom. The number of nitrogens with zero attached hydrogens (tertiary/aromatic N) is 6. The number of imidazole rings is 1. The van der Waals surface area contributed by atoms with Crippen molar-refractivity contribution in [3.63, 3.8) is 0 Å². The van der Waals surface area contributed by atoms with E-state index >= 15 is 0 Å². The Kier molecular flexibility index (Phi) is 4.24. The molecule has 3 aromatic rings. The van der Waals surface area contributed by atoms with Crippen molar-refractivity contribution in [3.8, 4) is 10.8 Å². The summed E-state index contributed by atoms with van der Waals surface area (Å²) in [4.78, 5) is 14.3. The molecule has 0 atom stereocenters. The Morgan fingerprint density at radius 3 is 2.79 bits per heavy atom. The molecule has 24 heavy (non-hydrogen) atoms. The molecule has 0 spiro atoms. The van der Waals surface area contributed by atoms with Crippen LogP contribution in [0.25, 0.3) is 10.8 Å². The minimum Gasteiger partial charge on any atom is -0.358 e. The molecule has 0 amide bonds. The van der Waals surface area contributed by atoms with Crippen molar-refractivity contribution in [1.82, 2.24) is 19.7 Å². The Bertz CT molecular complexity index is 903. The van der Waals surface area contributed by atoms with E-state index in [9.17, 15) is 14.5 Å². The van der Waals surface area contributed by atoms with Gasteiger partial charge in [0.05, 0.1) is 13.3 Å². The molecule has 0 bridgehead atoms. The zero-order chi connectivity index (χ0) is 17.1. The highest BCUT2D eigenvalue weighted by Crippen LogP contribution is 2.27. The van der Waals surface area contributed by atoms with Crippen molar-refractivity contribution >= 4 is 28.5 Å². The van der Waals surface area contributed by atoms with E-state index < -0.39 is 4.92 Å². The number of hydrogen-bond donors (Lipinski definition) is 1. The molecule has 0 radical (unpaired) electrons. The van der Waals surface area contributed by atoms with Crippen molar-refractivity contribution in [2.45, 2.75) is 0 Å². The summed E-state index contributed by atoms with van der Waals surface area (Å²) in [5.41, 5.74) is 3.41. The lowest BCUT2D eigenvalue weighted by atomic mass is 10.2. The van der Waals surface area contributed by atoms with Gasteiger partial charge in [-0.3, -0.25) is 5.43 Å². The van der Waals surface area contributed by atoms with Gasteiger partial charge in [0.2, 0.25) is 10.1 Å². The molecule has 0 saturated heterocycles. The van der Waals surface area contributed by atoms with Gasteiger partial charge in [-0.25, -0.2) is 13.9 Å². The molecular weight excluding hydrogens is 337 g/mol. The first-order valence-electron chi connectivity index (χ1n) is 6.59. The summed E-state index contributed by atoms with van der Waals surface area (Å²) in [7, 11) is 1.53. The van der Waals surface area contributed by atoms with Crippen LogP contribution in [0.5, 0.6) is 0 Å². The third-order valence-corrected chi connectivity index (χ3v) is 3.83. The number of hydrogen-bond acceptors (Lipinski definition) is 8. The number of benzene rings is 1. The van der Waals surface area contributed by atoms with Crippen LogP contribution in [0, 0.1) is 15.9 Å². The molecule has 0 saturated carbocycles. The Balaban J connectivity index is 1.72. The average Bonchev–Trinajstić information content (AvgIpc) is 3.15. The fraction of sp³-hybridized carbons (Fsp3) is 0.0769. The summed E-state index contributed by atoms with van der Waals surface area (Å²) in [5.74, 6) is -0.114. The van der Waals surface area contributed by atoms with Crippen molar-refractivity contribution in [2.24, 2.45) is 12.1 Å². The predicted molar refractivity (Wildman–Crippen MR) is 86.4 cm³/mol. The maximum absolute atomic E-state index is 12.8. The molecule has 9 nitrogen and oxygen atoms in total. The van der Waals surface area contributed by atoms with E-state index in [4.69, 9.17) is 0 Å². The molecule has 0 fully saturated rings. The zero-order valence-corrected chi connectivity index (χ0v) is 13.1. The summed E-state index contributed by atoms with van der Waals surface area (Å²) >= 11 is 1.15. The SMILES string of the molecule is Cn1c([N+](=O)[O-])cnc1-c1nnc(N/N=C\c2ccc(F)cc2)s1. The number of rotatable bonds is 5. The second kappa shape index (κ2) is 6.50. The lowest BCUT2D eigenvalue weighted by Gasteiger charge is -1.94. The molecule has 0 aliphatic heterocycles. The van der Waals surface area contributed by atoms with E-state index in [1.54, 1.807) is 12.1 Å². The molecule has 0 aliphatic rings. The average molecular weight is 347 g/mol. The fourth-order valence-corrected chi connectivity index (χ4v) is 2.56. The van der Waals surface area contributed by atoms with Crippen LogP contribution in [0.4, 0.5) is 15.3 Å². The standard InChI is InChI=1S/C13H10FN7O2S/c1-20-10(21(22)23)7-15-11(20)12-17-19-13(24-12)18-16-6-8-2-4-9(14)5-3-8/h2-7H,1H3,(H,18,19)/b16-6-. The predicted octanol–water partition coefficient (Wildman–Crippen LogP) is 2.43. The van der Waals surface area contributed by atoms with Gasteiger partial charge in [0.1, 0.15) is 12.0 Å². The van der Waals surface area contributed by atoms with Crippen LogP contribution in [0.2, 0.25) is 0 Å². The zero-order valence-electron chi connectivity index (χ0n) is 12.3. The summed E-state index contributed by atoms with van der Waals surface area (Å²) in [5, 5.41) is 23.5. The summed E-state index contributed by atoms with van der Waals surface area (Å²) in [6, 6.07) is 5.83. The Hall–Kier alpha value is -3.21. The second-order valence-electron chi connectivity index (χ2n) is 4.59. The number of halogens is 1. The van der Waals surface area contributed by atoms with E-state index in [-0.39, 0.29) is 11.6 Å². The third-order valence-electron chi connectivity index (χ3n) is 3.01. The van der Waals surface area contributed by atoms with Crippen molar-refractivity contribution in [2.75, 3.05) is 5.43 Å². The lowest BCUT2D eigenvalue weighted by Crippen LogP contribution is -1.98. The monoisotopic (exact) mass is 347 g/mol. The van der Waals surface area contributed by atoms with E-state index in [1.165, 1.54) is 30.0 Å². The van der Waals surface area contributed by atoms with Crippen LogP contribution in [0.3, 0.4) is 0 Å². The van der Waals surface area contributed by atoms with Gasteiger partial charge in [0, 0.05) is 0 Å². The molecule has 0 unspecified atom stereocenters. The van der Waals surface area contributed by atoms with Gasteiger partial charge in [-0.05, 0) is 22.6 Å². The topological polar surface area (TPSA) is 111 Å². The number of anilines is 1. The summed E-state index contributed by atoms with van der Waals surface area (Å²) in [6.07, 6.45) is 2.67. The van der Waals surface area contributed by atoms with E-state index in [0.29, 0.717) is 21.5 Å². The van der Waals surface area contributed by atoms with E-state index in [0.717, 1.165) is 17.5 Å². The molecule has 3 rings (SSSR count). The van der Waals surface area contributed by atoms with E-state index in [1.807, 2.05) is 0 Å². The van der Waals surface area contributed by atoms with Gasteiger partial charge in [-0.2, -0.15) is 5.10 Å². The van der Waals surface area contributed by atoms with Gasteiger partial charge < -0.3 is 10.1 Å². The van der Waals surface area contributed by atoms with Gasteiger partial charge in [0.25, 0.3) is 5.82 Å². The molecule has 1 N–H and O–H groups in total. The highest BCUT2D eigenvalue weighted by atomic mass is 32.1. The molecule has 122 valence electrons. The number of nitro groups is 1. The van der Waals surface area contributed by atoms with Gasteiger partial charge in [0.15, 0.2) is 0 Å². The van der Waals surface area contributed by atoms with Gasteiger partial charge in [-0.15, -0.1) is 10.2 Å². The normalized spacial score (nSPS) is 11.1. The molecule has 11 heteroatoms. The first-order chi connectivity index (χ1) is 11.5. The molecule has 0 aliphatic carbocycles. The minimum absolute atomic E-state index is 0.135. The van der Waals surface area contributed by atoms with Gasteiger partial charge >= 0.3 is 5.82 Å². The molecule has 2 aromatic heterocycles. The second-order valence-corrected chi connectivity index (χ2v) is 5.57.